The van der Waals surface area contributed by atoms with Gasteiger partial charge in [0.05, 0.1) is 11.6 Å². The topological polar surface area (TPSA) is 71.8 Å². The Morgan fingerprint density at radius 1 is 1.43 bits per heavy atom. The Balaban J connectivity index is 1.77. The first-order chi connectivity index (χ1) is 10.9. The Morgan fingerprint density at radius 2 is 2.17 bits per heavy atom. The fourth-order valence-electron chi connectivity index (χ4n) is 2.66. The Labute approximate surface area is 138 Å². The molecule has 120 valence electrons. The summed E-state index contributed by atoms with van der Waals surface area (Å²) in [6.45, 7) is 1.66. The van der Waals surface area contributed by atoms with Crippen molar-refractivity contribution in [3.05, 3.63) is 35.5 Å². The second-order valence-electron chi connectivity index (χ2n) is 5.54. The monoisotopic (exact) mass is 333 g/mol. The predicted molar refractivity (Wildman–Crippen MR) is 86.4 cm³/mol. The second kappa shape index (κ2) is 5.99. The van der Waals surface area contributed by atoms with E-state index in [4.69, 9.17) is 27.5 Å². The molecular weight excluding hydrogens is 318 g/mol. The summed E-state index contributed by atoms with van der Waals surface area (Å²) in [5.41, 5.74) is -1.07. The molecule has 0 aliphatic carbocycles. The van der Waals surface area contributed by atoms with Crippen molar-refractivity contribution in [3.63, 3.8) is 0 Å². The molecular formula is C17H16ClNO4. The van der Waals surface area contributed by atoms with Gasteiger partial charge in [0.2, 0.25) is 0 Å². The Hall–Kier alpha value is -1.84. The molecule has 1 aromatic heterocycles. The van der Waals surface area contributed by atoms with Crippen LogP contribution in [0, 0.1) is 12.3 Å². The number of nitrogens with zero attached hydrogens (tertiary/aromatic N) is 1. The van der Waals surface area contributed by atoms with E-state index in [0.717, 1.165) is 5.39 Å². The lowest BCUT2D eigenvalue weighted by atomic mass is 9.92. The highest BCUT2D eigenvalue weighted by molar-refractivity contribution is 6.29. The van der Waals surface area contributed by atoms with Gasteiger partial charge in [0.15, 0.2) is 5.60 Å². The van der Waals surface area contributed by atoms with Crippen LogP contribution in [-0.2, 0) is 4.74 Å². The minimum absolute atomic E-state index is 0.00811. The number of hydrogen-bond acceptors (Lipinski definition) is 5. The molecule has 0 saturated carbocycles. The summed E-state index contributed by atoms with van der Waals surface area (Å²) in [4.78, 5) is 4.22. The van der Waals surface area contributed by atoms with Gasteiger partial charge in [-0.2, -0.15) is 0 Å². The number of halogens is 1. The molecule has 1 aliphatic rings. The lowest BCUT2D eigenvalue weighted by molar-refractivity contribution is -0.0485. The molecule has 0 bridgehead atoms. The number of benzene rings is 1. The zero-order chi connectivity index (χ0) is 16.6. The van der Waals surface area contributed by atoms with Crippen LogP contribution in [0.15, 0.2) is 30.3 Å². The van der Waals surface area contributed by atoms with Gasteiger partial charge in [-0.25, -0.2) is 4.98 Å². The maximum Gasteiger partial charge on any atom is 0.183 e. The Kier molecular flexibility index (Phi) is 4.17. The van der Waals surface area contributed by atoms with Gasteiger partial charge in [0, 0.05) is 11.5 Å². The van der Waals surface area contributed by atoms with E-state index in [-0.39, 0.29) is 6.61 Å². The SMILES string of the molecule is C#C[C@@]1(O)[C@@H](COc2ccc3ccc(Cl)nc3c2)OC(C)[C@@H]1O. The maximum absolute atomic E-state index is 10.4. The Morgan fingerprint density at radius 3 is 2.91 bits per heavy atom. The fourth-order valence-corrected chi connectivity index (χ4v) is 2.82. The average molecular weight is 334 g/mol. The summed E-state index contributed by atoms with van der Waals surface area (Å²) in [6, 6.07) is 8.96. The molecule has 0 spiro atoms. The van der Waals surface area contributed by atoms with E-state index in [1.54, 1.807) is 25.1 Å². The van der Waals surface area contributed by atoms with E-state index < -0.39 is 23.9 Å². The van der Waals surface area contributed by atoms with Crippen molar-refractivity contribution in [2.45, 2.75) is 30.8 Å². The van der Waals surface area contributed by atoms with Crippen molar-refractivity contribution in [1.82, 2.24) is 4.98 Å². The average Bonchev–Trinajstić information content (AvgIpc) is 2.77. The predicted octanol–water partition coefficient (Wildman–Crippen LogP) is 1.78. The molecule has 6 heteroatoms. The zero-order valence-corrected chi connectivity index (χ0v) is 13.2. The fraction of sp³-hybridized carbons (Fsp3) is 0.353. The molecule has 2 aromatic rings. The van der Waals surface area contributed by atoms with E-state index in [1.165, 1.54) is 0 Å². The van der Waals surface area contributed by atoms with Crippen LogP contribution in [0.5, 0.6) is 5.75 Å². The van der Waals surface area contributed by atoms with Crippen LogP contribution in [0.25, 0.3) is 10.9 Å². The third-order valence-corrected chi connectivity index (χ3v) is 4.24. The van der Waals surface area contributed by atoms with Gasteiger partial charge < -0.3 is 19.7 Å². The van der Waals surface area contributed by atoms with Gasteiger partial charge in [-0.05, 0) is 31.2 Å². The number of hydrogen-bond donors (Lipinski definition) is 2. The van der Waals surface area contributed by atoms with Crippen molar-refractivity contribution in [3.8, 4) is 18.1 Å². The molecule has 1 fully saturated rings. The second-order valence-corrected chi connectivity index (χ2v) is 5.93. The number of pyridine rings is 1. The quantitative estimate of drug-likeness (QED) is 0.662. The standard InChI is InChI=1S/C17H16ClNO4/c1-3-17(21)14(23-10(2)16(17)20)9-22-12-6-4-11-5-7-15(18)19-13(11)8-12/h1,4-8,10,14,16,20-21H,9H2,2H3/t10?,14-,16+,17-/m1/s1. The zero-order valence-electron chi connectivity index (χ0n) is 12.4. The van der Waals surface area contributed by atoms with Crippen LogP contribution in [0.1, 0.15) is 6.92 Å². The number of terminal acetylenes is 1. The van der Waals surface area contributed by atoms with E-state index in [2.05, 4.69) is 10.9 Å². The normalized spacial score (nSPS) is 30.3. The van der Waals surface area contributed by atoms with Crippen LogP contribution in [0.3, 0.4) is 0 Å². The summed E-state index contributed by atoms with van der Waals surface area (Å²) in [7, 11) is 0. The van der Waals surface area contributed by atoms with Gasteiger partial charge >= 0.3 is 0 Å². The van der Waals surface area contributed by atoms with Crippen molar-refractivity contribution in [2.75, 3.05) is 6.61 Å². The van der Waals surface area contributed by atoms with Crippen LogP contribution >= 0.6 is 11.6 Å². The molecule has 1 aliphatic heterocycles. The summed E-state index contributed by atoms with van der Waals surface area (Å²) in [5, 5.41) is 21.7. The van der Waals surface area contributed by atoms with Crippen molar-refractivity contribution in [1.29, 1.82) is 0 Å². The van der Waals surface area contributed by atoms with Gasteiger partial charge in [0.1, 0.15) is 29.7 Å². The highest BCUT2D eigenvalue weighted by atomic mass is 35.5. The first-order valence-electron chi connectivity index (χ1n) is 7.17. The summed E-state index contributed by atoms with van der Waals surface area (Å²) >= 11 is 5.89. The first kappa shape index (κ1) is 16.0. The molecule has 5 nitrogen and oxygen atoms in total. The third-order valence-electron chi connectivity index (χ3n) is 4.03. The lowest BCUT2D eigenvalue weighted by Gasteiger charge is -2.25. The smallest absolute Gasteiger partial charge is 0.183 e. The number of aromatic nitrogens is 1. The summed E-state index contributed by atoms with van der Waals surface area (Å²) < 4.78 is 11.2. The maximum atomic E-state index is 10.4. The summed E-state index contributed by atoms with van der Waals surface area (Å²) in [6.07, 6.45) is 2.81. The molecule has 1 saturated heterocycles. The van der Waals surface area contributed by atoms with Crippen LogP contribution in [0.2, 0.25) is 5.15 Å². The van der Waals surface area contributed by atoms with Gasteiger partial charge in [0.25, 0.3) is 0 Å². The van der Waals surface area contributed by atoms with Crippen LogP contribution in [-0.4, -0.2) is 45.7 Å². The molecule has 23 heavy (non-hydrogen) atoms. The molecule has 1 aromatic carbocycles. The minimum atomic E-state index is -1.77. The molecule has 4 atom stereocenters. The highest BCUT2D eigenvalue weighted by Crippen LogP contribution is 2.31. The van der Waals surface area contributed by atoms with Gasteiger partial charge in [-0.1, -0.05) is 17.5 Å². The van der Waals surface area contributed by atoms with Gasteiger partial charge in [-0.3, -0.25) is 0 Å². The van der Waals surface area contributed by atoms with E-state index in [1.807, 2.05) is 12.1 Å². The summed E-state index contributed by atoms with van der Waals surface area (Å²) in [5.74, 6) is 2.76. The molecule has 0 radical (unpaired) electrons. The number of rotatable bonds is 3. The number of aliphatic hydroxyl groups excluding tert-OH is 1. The highest BCUT2D eigenvalue weighted by Gasteiger charge is 2.53. The molecule has 3 rings (SSSR count). The van der Waals surface area contributed by atoms with E-state index in [9.17, 15) is 10.2 Å². The molecule has 1 unspecified atom stereocenters. The molecule has 2 heterocycles. The van der Waals surface area contributed by atoms with E-state index >= 15 is 0 Å². The lowest BCUT2D eigenvalue weighted by Crippen LogP contribution is -2.48. The third kappa shape index (κ3) is 2.87. The Bertz CT molecular complexity index is 775. The number of fused-ring (bicyclic) bond motifs is 1. The van der Waals surface area contributed by atoms with Crippen molar-refractivity contribution < 1.29 is 19.7 Å². The van der Waals surface area contributed by atoms with Crippen molar-refractivity contribution in [2.24, 2.45) is 0 Å². The number of aliphatic hydroxyl groups is 2. The number of ether oxygens (including phenoxy) is 2. The van der Waals surface area contributed by atoms with Crippen LogP contribution in [0.4, 0.5) is 0 Å². The van der Waals surface area contributed by atoms with Crippen molar-refractivity contribution >= 4 is 22.5 Å². The largest absolute Gasteiger partial charge is 0.491 e. The van der Waals surface area contributed by atoms with E-state index in [0.29, 0.717) is 16.4 Å². The molecule has 2 N–H and O–H groups in total. The minimum Gasteiger partial charge on any atom is -0.491 e. The molecule has 0 amide bonds. The van der Waals surface area contributed by atoms with Gasteiger partial charge in [-0.15, -0.1) is 6.42 Å². The first-order valence-corrected chi connectivity index (χ1v) is 7.54. The van der Waals surface area contributed by atoms with Crippen LogP contribution < -0.4 is 4.74 Å².